The first-order chi connectivity index (χ1) is 8.65. The molecular formula is C14H21ClN2O. The number of pyridine rings is 1. The van der Waals surface area contributed by atoms with E-state index in [4.69, 9.17) is 11.6 Å². The molecule has 100 valence electrons. The molecule has 0 aromatic carbocycles. The molecule has 0 fully saturated rings. The molecule has 3 nitrogen and oxygen atoms in total. The van der Waals surface area contributed by atoms with Crippen LogP contribution in [0.15, 0.2) is 18.5 Å². The van der Waals surface area contributed by atoms with Gasteiger partial charge in [0.25, 0.3) is 5.91 Å². The largest absolute Gasteiger partial charge is 0.350 e. The zero-order valence-electron chi connectivity index (χ0n) is 11.1. The first-order valence-corrected chi connectivity index (χ1v) is 6.93. The number of amides is 1. The van der Waals surface area contributed by atoms with Gasteiger partial charge in [0.2, 0.25) is 0 Å². The summed E-state index contributed by atoms with van der Waals surface area (Å²) in [5.41, 5.74) is 0.493. The smallest absolute Gasteiger partial charge is 0.253 e. The number of unbranched alkanes of at least 4 members (excludes halogenated alkanes) is 3. The summed E-state index contributed by atoms with van der Waals surface area (Å²) in [6, 6.07) is 1.82. The Bertz CT molecular complexity index is 382. The SMILES string of the molecule is CCCCCCC(C)NC(=O)c1ccncc1Cl. The van der Waals surface area contributed by atoms with Gasteiger partial charge in [0, 0.05) is 18.4 Å². The number of rotatable bonds is 7. The normalized spacial score (nSPS) is 12.2. The number of aromatic nitrogens is 1. The summed E-state index contributed by atoms with van der Waals surface area (Å²) < 4.78 is 0. The van der Waals surface area contributed by atoms with Crippen molar-refractivity contribution in [3.63, 3.8) is 0 Å². The van der Waals surface area contributed by atoms with E-state index in [0.29, 0.717) is 10.6 Å². The number of nitrogens with zero attached hydrogens (tertiary/aromatic N) is 1. The molecule has 1 rings (SSSR count). The van der Waals surface area contributed by atoms with Gasteiger partial charge in [-0.3, -0.25) is 9.78 Å². The van der Waals surface area contributed by atoms with Crippen LogP contribution in [0.2, 0.25) is 5.02 Å². The Morgan fingerprint density at radius 2 is 2.22 bits per heavy atom. The number of hydrogen-bond donors (Lipinski definition) is 1. The van der Waals surface area contributed by atoms with E-state index < -0.39 is 0 Å². The van der Waals surface area contributed by atoms with E-state index in [-0.39, 0.29) is 11.9 Å². The average Bonchev–Trinajstić information content (AvgIpc) is 2.35. The lowest BCUT2D eigenvalue weighted by atomic mass is 10.1. The summed E-state index contributed by atoms with van der Waals surface area (Å²) in [5.74, 6) is -0.120. The summed E-state index contributed by atoms with van der Waals surface area (Å²) >= 11 is 5.92. The molecule has 0 bridgehead atoms. The van der Waals surface area contributed by atoms with Crippen LogP contribution < -0.4 is 5.32 Å². The minimum Gasteiger partial charge on any atom is -0.350 e. The quantitative estimate of drug-likeness (QED) is 0.764. The Kier molecular flexibility index (Phi) is 6.73. The van der Waals surface area contributed by atoms with E-state index in [0.717, 1.165) is 12.8 Å². The lowest BCUT2D eigenvalue weighted by molar-refractivity contribution is 0.0938. The second kappa shape index (κ2) is 8.09. The number of carbonyl (C=O) groups is 1. The minimum atomic E-state index is -0.120. The molecule has 1 amide bonds. The minimum absolute atomic E-state index is 0.120. The van der Waals surface area contributed by atoms with Gasteiger partial charge in [0.05, 0.1) is 10.6 Å². The van der Waals surface area contributed by atoms with Gasteiger partial charge in [0.1, 0.15) is 0 Å². The van der Waals surface area contributed by atoms with E-state index in [1.807, 2.05) is 6.92 Å². The van der Waals surface area contributed by atoms with Crippen molar-refractivity contribution in [3.05, 3.63) is 29.0 Å². The molecule has 1 aromatic heterocycles. The van der Waals surface area contributed by atoms with Crippen LogP contribution in [0.3, 0.4) is 0 Å². The van der Waals surface area contributed by atoms with Crippen molar-refractivity contribution in [2.75, 3.05) is 0 Å². The van der Waals surface area contributed by atoms with Crippen molar-refractivity contribution in [1.82, 2.24) is 10.3 Å². The van der Waals surface area contributed by atoms with Gasteiger partial charge >= 0.3 is 0 Å². The van der Waals surface area contributed by atoms with Crippen LogP contribution in [0.5, 0.6) is 0 Å². The van der Waals surface area contributed by atoms with Gasteiger partial charge in [-0.05, 0) is 19.4 Å². The number of nitrogens with one attached hydrogen (secondary N) is 1. The standard InChI is InChI=1S/C14H21ClN2O/c1-3-4-5-6-7-11(2)17-14(18)12-8-9-16-10-13(12)15/h8-11H,3-7H2,1-2H3,(H,17,18). The molecule has 0 aliphatic heterocycles. The van der Waals surface area contributed by atoms with Gasteiger partial charge < -0.3 is 5.32 Å². The maximum Gasteiger partial charge on any atom is 0.253 e. The maximum absolute atomic E-state index is 11.9. The Labute approximate surface area is 114 Å². The molecule has 0 radical (unpaired) electrons. The number of halogens is 1. The van der Waals surface area contributed by atoms with Gasteiger partial charge in [-0.2, -0.15) is 0 Å². The van der Waals surface area contributed by atoms with Gasteiger partial charge in [-0.1, -0.05) is 44.2 Å². The summed E-state index contributed by atoms with van der Waals surface area (Å²) in [7, 11) is 0. The summed E-state index contributed by atoms with van der Waals surface area (Å²) in [6.45, 7) is 4.22. The van der Waals surface area contributed by atoms with Crippen LogP contribution in [0.4, 0.5) is 0 Å². The highest BCUT2D eigenvalue weighted by molar-refractivity contribution is 6.33. The van der Waals surface area contributed by atoms with Crippen LogP contribution in [-0.2, 0) is 0 Å². The third-order valence-electron chi connectivity index (χ3n) is 2.89. The monoisotopic (exact) mass is 268 g/mol. The highest BCUT2D eigenvalue weighted by atomic mass is 35.5. The Hall–Kier alpha value is -1.09. The van der Waals surface area contributed by atoms with E-state index in [2.05, 4.69) is 17.2 Å². The van der Waals surface area contributed by atoms with E-state index in [1.54, 1.807) is 12.3 Å². The molecule has 0 spiro atoms. The van der Waals surface area contributed by atoms with Gasteiger partial charge in [0.15, 0.2) is 0 Å². The van der Waals surface area contributed by atoms with Crippen molar-refractivity contribution < 1.29 is 4.79 Å². The molecule has 0 saturated heterocycles. The zero-order valence-corrected chi connectivity index (χ0v) is 11.8. The van der Waals surface area contributed by atoms with Crippen LogP contribution in [0, 0.1) is 0 Å². The van der Waals surface area contributed by atoms with Crippen LogP contribution >= 0.6 is 11.6 Å². The third-order valence-corrected chi connectivity index (χ3v) is 3.19. The summed E-state index contributed by atoms with van der Waals surface area (Å²) in [4.78, 5) is 15.8. The Morgan fingerprint density at radius 1 is 1.44 bits per heavy atom. The predicted molar refractivity (Wildman–Crippen MR) is 74.9 cm³/mol. The van der Waals surface area contributed by atoms with E-state index in [9.17, 15) is 4.79 Å². The lowest BCUT2D eigenvalue weighted by Gasteiger charge is -2.14. The second-order valence-electron chi connectivity index (χ2n) is 4.58. The predicted octanol–water partition coefficient (Wildman–Crippen LogP) is 3.82. The first-order valence-electron chi connectivity index (χ1n) is 6.55. The molecule has 18 heavy (non-hydrogen) atoms. The van der Waals surface area contributed by atoms with Crippen LogP contribution in [0.1, 0.15) is 56.3 Å². The fourth-order valence-corrected chi connectivity index (χ4v) is 2.02. The van der Waals surface area contributed by atoms with Crippen molar-refractivity contribution in [2.24, 2.45) is 0 Å². The Morgan fingerprint density at radius 3 is 2.89 bits per heavy atom. The van der Waals surface area contributed by atoms with E-state index in [1.165, 1.54) is 25.5 Å². The molecular weight excluding hydrogens is 248 g/mol. The molecule has 1 atom stereocenters. The molecule has 1 unspecified atom stereocenters. The highest BCUT2D eigenvalue weighted by Gasteiger charge is 2.12. The average molecular weight is 269 g/mol. The van der Waals surface area contributed by atoms with Gasteiger partial charge in [-0.25, -0.2) is 0 Å². The lowest BCUT2D eigenvalue weighted by Crippen LogP contribution is -2.32. The molecule has 4 heteroatoms. The van der Waals surface area contributed by atoms with Crippen LogP contribution in [0.25, 0.3) is 0 Å². The fraction of sp³-hybridized carbons (Fsp3) is 0.571. The fourth-order valence-electron chi connectivity index (χ4n) is 1.81. The Balaban J connectivity index is 2.38. The molecule has 1 heterocycles. The third kappa shape index (κ3) is 5.05. The number of carbonyl (C=O) groups excluding carboxylic acids is 1. The van der Waals surface area contributed by atoms with Gasteiger partial charge in [-0.15, -0.1) is 0 Å². The van der Waals surface area contributed by atoms with E-state index >= 15 is 0 Å². The molecule has 1 N–H and O–H groups in total. The molecule has 0 aliphatic rings. The summed E-state index contributed by atoms with van der Waals surface area (Å²) in [6.07, 6.45) is 8.94. The molecule has 0 saturated carbocycles. The van der Waals surface area contributed by atoms with Crippen molar-refractivity contribution in [1.29, 1.82) is 0 Å². The topological polar surface area (TPSA) is 42.0 Å². The van der Waals surface area contributed by atoms with Crippen molar-refractivity contribution >= 4 is 17.5 Å². The van der Waals surface area contributed by atoms with Crippen molar-refractivity contribution in [2.45, 2.75) is 52.0 Å². The maximum atomic E-state index is 11.9. The highest BCUT2D eigenvalue weighted by Crippen LogP contribution is 2.13. The summed E-state index contributed by atoms with van der Waals surface area (Å²) in [5, 5.41) is 3.36. The van der Waals surface area contributed by atoms with Crippen LogP contribution in [-0.4, -0.2) is 16.9 Å². The molecule has 0 aliphatic carbocycles. The first kappa shape index (κ1) is 15.0. The van der Waals surface area contributed by atoms with Crippen molar-refractivity contribution in [3.8, 4) is 0 Å². The second-order valence-corrected chi connectivity index (χ2v) is 4.99. The zero-order chi connectivity index (χ0) is 13.4. The number of hydrogen-bond acceptors (Lipinski definition) is 2. The molecule has 1 aromatic rings.